The van der Waals surface area contributed by atoms with Crippen LogP contribution in [0.4, 0.5) is 11.4 Å². The molecule has 1 aromatic carbocycles. The van der Waals surface area contributed by atoms with Crippen molar-refractivity contribution < 1.29 is 19.5 Å². The third-order valence-corrected chi connectivity index (χ3v) is 5.20. The average Bonchev–Trinajstić information content (AvgIpc) is 2.98. The second-order valence-electron chi connectivity index (χ2n) is 6.92. The van der Waals surface area contributed by atoms with Crippen molar-refractivity contribution in [3.63, 3.8) is 0 Å². The molecule has 2 aromatic rings. The van der Waals surface area contributed by atoms with Crippen LogP contribution in [0, 0.1) is 11.8 Å². The fraction of sp³-hybridized carbons (Fsp3) is 0.238. The van der Waals surface area contributed by atoms with E-state index in [0.717, 1.165) is 10.5 Å². The minimum absolute atomic E-state index is 0.0236. The number of carboxylic acid groups (broad SMARTS) is 1. The zero-order valence-electron chi connectivity index (χ0n) is 15.0. The van der Waals surface area contributed by atoms with Gasteiger partial charge in [-0.25, -0.2) is 9.69 Å². The van der Waals surface area contributed by atoms with Crippen LogP contribution in [0.3, 0.4) is 0 Å². The van der Waals surface area contributed by atoms with Gasteiger partial charge in [0.05, 0.1) is 28.8 Å². The van der Waals surface area contributed by atoms with Gasteiger partial charge in [-0.2, -0.15) is 0 Å². The van der Waals surface area contributed by atoms with E-state index in [-0.39, 0.29) is 34.9 Å². The summed E-state index contributed by atoms with van der Waals surface area (Å²) < 4.78 is 0. The van der Waals surface area contributed by atoms with Gasteiger partial charge in [0, 0.05) is 18.9 Å². The Bertz CT molecular complexity index is 945. The minimum Gasteiger partial charge on any atom is -0.478 e. The Morgan fingerprint density at radius 2 is 1.86 bits per heavy atom. The summed E-state index contributed by atoms with van der Waals surface area (Å²) in [7, 11) is 0. The third kappa shape index (κ3) is 3.15. The summed E-state index contributed by atoms with van der Waals surface area (Å²) in [6.07, 6.45) is 8.29. The zero-order chi connectivity index (χ0) is 19.7. The smallest absolute Gasteiger partial charge is 0.335 e. The van der Waals surface area contributed by atoms with E-state index < -0.39 is 5.97 Å². The lowest BCUT2D eigenvalue weighted by Crippen LogP contribution is -2.31. The largest absolute Gasteiger partial charge is 0.478 e. The van der Waals surface area contributed by atoms with Crippen LogP contribution in [0.1, 0.15) is 28.8 Å². The predicted octanol–water partition coefficient (Wildman–Crippen LogP) is 2.85. The van der Waals surface area contributed by atoms with Crippen molar-refractivity contribution in [3.8, 4) is 0 Å². The molecule has 2 heterocycles. The zero-order valence-corrected chi connectivity index (χ0v) is 15.0. The first-order valence-electron chi connectivity index (χ1n) is 9.09. The Morgan fingerprint density at radius 3 is 2.46 bits per heavy atom. The molecule has 0 unspecified atom stereocenters. The van der Waals surface area contributed by atoms with Crippen LogP contribution in [-0.2, 0) is 16.1 Å². The molecule has 2 atom stereocenters. The van der Waals surface area contributed by atoms with Crippen LogP contribution >= 0.6 is 0 Å². The van der Waals surface area contributed by atoms with Crippen LogP contribution in [0.15, 0.2) is 54.9 Å². The molecular formula is C21H19N3O4. The highest BCUT2D eigenvalue weighted by atomic mass is 16.4. The minimum atomic E-state index is -1.11. The summed E-state index contributed by atoms with van der Waals surface area (Å²) >= 11 is 0. The van der Waals surface area contributed by atoms with Gasteiger partial charge in [0.15, 0.2) is 0 Å². The Morgan fingerprint density at radius 1 is 1.14 bits per heavy atom. The molecule has 7 heteroatoms. The Labute approximate surface area is 161 Å². The highest BCUT2D eigenvalue weighted by Crippen LogP contribution is 2.40. The fourth-order valence-electron chi connectivity index (χ4n) is 3.74. The number of rotatable bonds is 5. The van der Waals surface area contributed by atoms with Gasteiger partial charge in [0.2, 0.25) is 11.8 Å². The highest BCUT2D eigenvalue weighted by molar-refractivity contribution is 6.23. The van der Waals surface area contributed by atoms with E-state index >= 15 is 0 Å². The van der Waals surface area contributed by atoms with E-state index in [1.165, 1.54) is 12.1 Å². The molecule has 7 nitrogen and oxygen atoms in total. The van der Waals surface area contributed by atoms with E-state index in [1.54, 1.807) is 18.5 Å². The van der Waals surface area contributed by atoms with Gasteiger partial charge in [-0.05, 0) is 42.7 Å². The number of benzene rings is 1. The number of carboxylic acids is 1. The molecule has 0 spiro atoms. The summed E-state index contributed by atoms with van der Waals surface area (Å²) in [5, 5.41) is 12.6. The molecule has 2 aliphatic rings. The summed E-state index contributed by atoms with van der Waals surface area (Å²) in [6, 6.07) is 8.15. The number of nitrogens with zero attached hydrogens (tertiary/aromatic N) is 2. The molecule has 1 fully saturated rings. The number of imide groups is 1. The number of carbonyl (C=O) groups excluding carboxylic acids is 2. The summed E-state index contributed by atoms with van der Waals surface area (Å²) in [5.74, 6) is -2.41. The number of allylic oxidation sites excluding steroid dienone is 2. The third-order valence-electron chi connectivity index (χ3n) is 5.20. The topological polar surface area (TPSA) is 99.6 Å². The van der Waals surface area contributed by atoms with Gasteiger partial charge in [-0.3, -0.25) is 14.6 Å². The molecule has 2 amide bonds. The average molecular weight is 377 g/mol. The molecule has 142 valence electrons. The lowest BCUT2D eigenvalue weighted by Gasteiger charge is -2.20. The van der Waals surface area contributed by atoms with E-state index in [4.69, 9.17) is 0 Å². The van der Waals surface area contributed by atoms with Crippen LogP contribution < -0.4 is 10.2 Å². The Kier molecular flexibility index (Phi) is 4.65. The van der Waals surface area contributed by atoms with E-state index in [2.05, 4.69) is 10.3 Å². The van der Waals surface area contributed by atoms with Gasteiger partial charge < -0.3 is 10.4 Å². The molecule has 4 rings (SSSR count). The first-order valence-corrected chi connectivity index (χ1v) is 9.09. The second-order valence-corrected chi connectivity index (χ2v) is 6.92. The molecule has 0 bridgehead atoms. The van der Waals surface area contributed by atoms with Gasteiger partial charge >= 0.3 is 5.97 Å². The number of aromatic carboxylic acids is 1. The standard InChI is InChI=1S/C21H19N3O4/c25-19-15-5-1-2-6-16(15)20(26)24(19)18-10-14(21(27)28)7-8-17(18)23-12-13-4-3-9-22-11-13/h1-4,7-11,15-16,23H,5-6,12H2,(H,27,28)/t15-,16-/m1/s1. The van der Waals surface area contributed by atoms with Gasteiger partial charge in [-0.1, -0.05) is 18.2 Å². The Hall–Kier alpha value is -3.48. The lowest BCUT2D eigenvalue weighted by atomic mass is 9.85. The SMILES string of the molecule is O=C(O)c1ccc(NCc2cccnc2)c(N2C(=O)[C@@H]3CC=CC[C@H]3C2=O)c1. The number of fused-ring (bicyclic) bond motifs is 1. The van der Waals surface area contributed by atoms with Crippen molar-refractivity contribution in [2.24, 2.45) is 11.8 Å². The molecular weight excluding hydrogens is 358 g/mol. The van der Waals surface area contributed by atoms with Crippen molar-refractivity contribution in [1.29, 1.82) is 0 Å². The number of nitrogens with one attached hydrogen (secondary N) is 1. The van der Waals surface area contributed by atoms with Crippen molar-refractivity contribution in [2.45, 2.75) is 19.4 Å². The van der Waals surface area contributed by atoms with Crippen molar-refractivity contribution in [2.75, 3.05) is 10.2 Å². The van der Waals surface area contributed by atoms with Crippen LogP contribution in [0.5, 0.6) is 0 Å². The number of hydrogen-bond acceptors (Lipinski definition) is 5. The molecule has 28 heavy (non-hydrogen) atoms. The molecule has 1 saturated heterocycles. The number of hydrogen-bond donors (Lipinski definition) is 2. The molecule has 1 aliphatic heterocycles. The molecule has 0 radical (unpaired) electrons. The fourth-order valence-corrected chi connectivity index (χ4v) is 3.74. The lowest BCUT2D eigenvalue weighted by molar-refractivity contribution is -0.122. The maximum atomic E-state index is 12.9. The first-order chi connectivity index (χ1) is 13.6. The Balaban J connectivity index is 1.69. The molecule has 2 N–H and O–H groups in total. The quantitative estimate of drug-likeness (QED) is 0.614. The molecule has 1 aromatic heterocycles. The normalized spacial score (nSPS) is 20.9. The van der Waals surface area contributed by atoms with Crippen molar-refractivity contribution >= 4 is 29.2 Å². The van der Waals surface area contributed by atoms with E-state index in [9.17, 15) is 19.5 Å². The number of pyridine rings is 1. The van der Waals surface area contributed by atoms with Crippen molar-refractivity contribution in [1.82, 2.24) is 4.98 Å². The van der Waals surface area contributed by atoms with Crippen LogP contribution in [0.2, 0.25) is 0 Å². The summed E-state index contributed by atoms with van der Waals surface area (Å²) in [4.78, 5) is 42.6. The van der Waals surface area contributed by atoms with Gasteiger partial charge in [0.1, 0.15) is 0 Å². The number of anilines is 2. The van der Waals surface area contributed by atoms with E-state index in [1.807, 2.05) is 24.3 Å². The summed E-state index contributed by atoms with van der Waals surface area (Å²) in [6.45, 7) is 0.428. The van der Waals surface area contributed by atoms with Crippen molar-refractivity contribution in [3.05, 3.63) is 66.0 Å². The van der Waals surface area contributed by atoms with E-state index in [0.29, 0.717) is 25.1 Å². The van der Waals surface area contributed by atoms with Crippen LogP contribution in [-0.4, -0.2) is 27.9 Å². The molecule has 0 saturated carbocycles. The van der Waals surface area contributed by atoms with Crippen LogP contribution in [0.25, 0.3) is 0 Å². The maximum absolute atomic E-state index is 12.9. The predicted molar refractivity (Wildman–Crippen MR) is 103 cm³/mol. The molecule has 1 aliphatic carbocycles. The monoisotopic (exact) mass is 377 g/mol. The highest BCUT2D eigenvalue weighted by Gasteiger charge is 2.48. The number of amides is 2. The summed E-state index contributed by atoms with van der Waals surface area (Å²) in [5.41, 5.74) is 1.76. The second kappa shape index (κ2) is 7.26. The van der Waals surface area contributed by atoms with Gasteiger partial charge in [0.25, 0.3) is 0 Å². The number of aromatic nitrogens is 1. The maximum Gasteiger partial charge on any atom is 0.335 e. The first kappa shape index (κ1) is 17.9. The number of carbonyl (C=O) groups is 3. The van der Waals surface area contributed by atoms with Gasteiger partial charge in [-0.15, -0.1) is 0 Å².